The Bertz CT molecular complexity index is 565. The Morgan fingerprint density at radius 2 is 2.40 bits per heavy atom. The number of H-pyrrole nitrogens is 1. The molecular weight excluding hydrogens is 232 g/mol. The maximum absolute atomic E-state index is 11.0. The van der Waals surface area contributed by atoms with E-state index >= 15 is 0 Å². The van der Waals surface area contributed by atoms with Gasteiger partial charge in [0.05, 0.1) is 10.6 Å². The maximum Gasteiger partial charge on any atom is 0.353 e. The van der Waals surface area contributed by atoms with Crippen LogP contribution < -0.4 is 0 Å². The molecule has 2 rings (SSSR count). The lowest BCUT2D eigenvalue weighted by atomic mass is 10.3. The Morgan fingerprint density at radius 3 is 2.93 bits per heavy atom. The molecule has 15 heavy (non-hydrogen) atoms. The third-order valence-electron chi connectivity index (χ3n) is 2.04. The zero-order valence-electron chi connectivity index (χ0n) is 7.85. The van der Waals surface area contributed by atoms with Crippen molar-refractivity contribution in [2.45, 2.75) is 0 Å². The zero-order valence-corrected chi connectivity index (χ0v) is 9.48. The van der Waals surface area contributed by atoms with Gasteiger partial charge in [0, 0.05) is 13.2 Å². The lowest BCUT2D eigenvalue weighted by Crippen LogP contribution is -2.00. The van der Waals surface area contributed by atoms with Gasteiger partial charge in [0.1, 0.15) is 5.69 Å². The lowest BCUT2D eigenvalue weighted by Gasteiger charge is -2.00. The fourth-order valence-corrected chi connectivity index (χ4v) is 2.60. The molecule has 0 amide bonds. The largest absolute Gasteiger partial charge is 0.477 e. The molecule has 0 unspecified atom stereocenters. The molecule has 0 aliphatic carbocycles. The van der Waals surface area contributed by atoms with Crippen molar-refractivity contribution in [2.24, 2.45) is 7.05 Å². The van der Waals surface area contributed by atoms with E-state index in [0.717, 1.165) is 5.69 Å². The van der Waals surface area contributed by atoms with Crippen LogP contribution in [0.15, 0.2) is 18.3 Å². The van der Waals surface area contributed by atoms with Crippen molar-refractivity contribution < 1.29 is 9.90 Å². The summed E-state index contributed by atoms with van der Waals surface area (Å²) in [6, 6.07) is 3.73. The molecule has 0 radical (unpaired) electrons. The number of nitrogens with zero attached hydrogens (tertiary/aromatic N) is 1. The molecule has 78 valence electrons. The normalized spacial score (nSPS) is 10.5. The number of hydrogen-bond acceptors (Lipinski definition) is 3. The number of rotatable bonds is 2. The summed E-state index contributed by atoms with van der Waals surface area (Å²) in [4.78, 5) is 14.3. The van der Waals surface area contributed by atoms with Crippen molar-refractivity contribution >= 4 is 29.5 Å². The molecule has 2 heterocycles. The minimum atomic E-state index is -0.987. The van der Waals surface area contributed by atoms with Crippen molar-refractivity contribution in [3.8, 4) is 10.6 Å². The van der Waals surface area contributed by atoms with E-state index in [0.29, 0.717) is 8.83 Å². The van der Waals surface area contributed by atoms with Crippen LogP contribution in [0, 0.1) is 3.95 Å². The van der Waals surface area contributed by atoms with Gasteiger partial charge in [-0.1, -0.05) is 0 Å². The number of thiazole rings is 1. The van der Waals surface area contributed by atoms with E-state index in [4.69, 9.17) is 17.3 Å². The molecule has 0 fully saturated rings. The smallest absolute Gasteiger partial charge is 0.353 e. The van der Waals surface area contributed by atoms with Crippen LogP contribution in [0.5, 0.6) is 0 Å². The molecule has 2 aromatic rings. The number of carboxylic acid groups (broad SMARTS) is 1. The summed E-state index contributed by atoms with van der Waals surface area (Å²) in [7, 11) is 1.86. The second-order valence-corrected chi connectivity index (χ2v) is 4.72. The van der Waals surface area contributed by atoms with Crippen molar-refractivity contribution in [3.63, 3.8) is 0 Å². The number of nitrogens with one attached hydrogen (secondary N) is 1. The molecule has 0 aliphatic heterocycles. The number of aromatic carboxylic acids is 1. The topological polar surface area (TPSA) is 58.0 Å². The molecule has 2 aromatic heterocycles. The van der Waals surface area contributed by atoms with E-state index in [-0.39, 0.29) is 5.69 Å². The third kappa shape index (κ3) is 1.73. The molecule has 4 nitrogen and oxygen atoms in total. The standard InChI is InChI=1S/C9H8N2O2S2/c1-11-4-2-3-5(11)7-6(8(12)13)10-9(14)15-7/h2-4H,1H3,(H,10,14)(H,12,13). The second kappa shape index (κ2) is 3.63. The van der Waals surface area contributed by atoms with E-state index in [9.17, 15) is 4.79 Å². The Kier molecular flexibility index (Phi) is 2.45. The van der Waals surface area contributed by atoms with Gasteiger partial charge < -0.3 is 14.7 Å². The monoisotopic (exact) mass is 240 g/mol. The van der Waals surface area contributed by atoms with Crippen LogP contribution in [-0.4, -0.2) is 20.6 Å². The first-order chi connectivity index (χ1) is 7.09. The van der Waals surface area contributed by atoms with Crippen molar-refractivity contribution in [1.29, 1.82) is 0 Å². The van der Waals surface area contributed by atoms with Crippen molar-refractivity contribution in [1.82, 2.24) is 9.55 Å². The van der Waals surface area contributed by atoms with E-state index in [1.165, 1.54) is 11.3 Å². The maximum atomic E-state index is 11.0. The van der Waals surface area contributed by atoms with Gasteiger partial charge in [-0.2, -0.15) is 0 Å². The van der Waals surface area contributed by atoms with Crippen LogP contribution in [0.2, 0.25) is 0 Å². The van der Waals surface area contributed by atoms with Crippen LogP contribution in [-0.2, 0) is 7.05 Å². The Balaban J connectivity index is 2.67. The summed E-state index contributed by atoms with van der Waals surface area (Å²) in [6.45, 7) is 0. The predicted molar refractivity (Wildman–Crippen MR) is 60.9 cm³/mol. The van der Waals surface area contributed by atoms with Gasteiger partial charge in [-0.15, -0.1) is 11.3 Å². The minimum Gasteiger partial charge on any atom is -0.477 e. The fraction of sp³-hybridized carbons (Fsp3) is 0.111. The molecule has 0 saturated heterocycles. The van der Waals surface area contributed by atoms with Gasteiger partial charge in [0.25, 0.3) is 0 Å². The van der Waals surface area contributed by atoms with Crippen LogP contribution in [0.25, 0.3) is 10.6 Å². The number of carbonyl (C=O) groups is 1. The summed E-state index contributed by atoms with van der Waals surface area (Å²) in [5, 5.41) is 8.99. The number of carboxylic acids is 1. The average Bonchev–Trinajstić information content (AvgIpc) is 2.71. The SMILES string of the molecule is Cn1cccc1-c1sc(=S)[nH]c1C(=O)O. The second-order valence-electron chi connectivity index (χ2n) is 3.03. The van der Waals surface area contributed by atoms with E-state index in [1.807, 2.05) is 29.9 Å². The number of hydrogen-bond donors (Lipinski definition) is 2. The highest BCUT2D eigenvalue weighted by atomic mass is 32.1. The summed E-state index contributed by atoms with van der Waals surface area (Å²) in [5.41, 5.74) is 1.01. The molecule has 0 saturated carbocycles. The fourth-order valence-electron chi connectivity index (χ4n) is 1.36. The Hall–Kier alpha value is -1.40. The summed E-state index contributed by atoms with van der Waals surface area (Å²) < 4.78 is 2.34. The van der Waals surface area contributed by atoms with Crippen LogP contribution in [0.3, 0.4) is 0 Å². The highest BCUT2D eigenvalue weighted by Gasteiger charge is 2.16. The first-order valence-corrected chi connectivity index (χ1v) is 5.40. The highest BCUT2D eigenvalue weighted by Crippen LogP contribution is 2.28. The third-order valence-corrected chi connectivity index (χ3v) is 3.30. The molecule has 2 N–H and O–H groups in total. The molecular formula is C9H8N2O2S2. The van der Waals surface area contributed by atoms with Crippen molar-refractivity contribution in [2.75, 3.05) is 0 Å². The van der Waals surface area contributed by atoms with Gasteiger partial charge in [-0.3, -0.25) is 0 Å². The molecule has 0 aliphatic rings. The Morgan fingerprint density at radius 1 is 1.67 bits per heavy atom. The van der Waals surface area contributed by atoms with Gasteiger partial charge in [0.2, 0.25) is 0 Å². The highest BCUT2D eigenvalue weighted by molar-refractivity contribution is 7.73. The van der Waals surface area contributed by atoms with E-state index in [1.54, 1.807) is 0 Å². The van der Waals surface area contributed by atoms with Gasteiger partial charge in [-0.25, -0.2) is 4.79 Å². The predicted octanol–water partition coefficient (Wildman–Crippen LogP) is 2.51. The summed E-state index contributed by atoms with van der Waals surface area (Å²) in [6.07, 6.45) is 1.86. The minimum absolute atomic E-state index is 0.159. The zero-order chi connectivity index (χ0) is 11.0. The summed E-state index contributed by atoms with van der Waals surface area (Å²) in [5.74, 6) is -0.987. The van der Waals surface area contributed by atoms with Gasteiger partial charge in [-0.05, 0) is 24.4 Å². The van der Waals surface area contributed by atoms with E-state index in [2.05, 4.69) is 4.98 Å². The molecule has 0 bridgehead atoms. The molecule has 0 aromatic carbocycles. The summed E-state index contributed by atoms with van der Waals surface area (Å²) >= 11 is 6.22. The van der Waals surface area contributed by atoms with Crippen LogP contribution >= 0.6 is 23.6 Å². The molecule has 0 atom stereocenters. The van der Waals surface area contributed by atoms with E-state index < -0.39 is 5.97 Å². The first kappa shape index (κ1) is 10.1. The van der Waals surface area contributed by atoms with Gasteiger partial charge in [0.15, 0.2) is 3.95 Å². The lowest BCUT2D eigenvalue weighted by molar-refractivity contribution is 0.0692. The first-order valence-electron chi connectivity index (χ1n) is 4.17. The Labute approximate surface area is 94.8 Å². The quantitative estimate of drug-likeness (QED) is 0.793. The average molecular weight is 240 g/mol. The van der Waals surface area contributed by atoms with Gasteiger partial charge >= 0.3 is 5.97 Å². The number of aromatic amines is 1. The number of aryl methyl sites for hydroxylation is 1. The number of aromatic nitrogens is 2. The molecule has 6 heteroatoms. The van der Waals surface area contributed by atoms with Crippen LogP contribution in [0.1, 0.15) is 10.5 Å². The van der Waals surface area contributed by atoms with Crippen molar-refractivity contribution in [3.05, 3.63) is 28.0 Å². The molecule has 0 spiro atoms. The van der Waals surface area contributed by atoms with Crippen LogP contribution in [0.4, 0.5) is 0 Å².